The molecule has 2 aromatic rings. The van der Waals surface area contributed by atoms with Gasteiger partial charge in [-0.15, -0.1) is 11.3 Å². The molecule has 0 fully saturated rings. The number of carbonyl (C=O) groups excluding carboxylic acids is 1. The van der Waals surface area contributed by atoms with Crippen LogP contribution in [-0.4, -0.2) is 22.0 Å². The van der Waals surface area contributed by atoms with Crippen LogP contribution in [0.25, 0.3) is 10.2 Å². The van der Waals surface area contributed by atoms with E-state index in [0.29, 0.717) is 21.6 Å². The van der Waals surface area contributed by atoms with E-state index in [0.717, 1.165) is 18.4 Å². The predicted octanol–water partition coefficient (Wildman–Crippen LogP) is 3.78. The number of fused-ring (bicyclic) bond motifs is 1. The van der Waals surface area contributed by atoms with Gasteiger partial charge in [-0.05, 0) is 18.9 Å². The number of aryl methyl sites for hydroxylation is 2. The fourth-order valence-corrected chi connectivity index (χ4v) is 3.85. The topological polar surface area (TPSA) is 64.0 Å². The Morgan fingerprint density at radius 3 is 2.58 bits per heavy atom. The molecule has 2 rings (SSSR count). The summed E-state index contributed by atoms with van der Waals surface area (Å²) < 4.78 is 1.45. The number of thiophene rings is 1. The van der Waals surface area contributed by atoms with Crippen molar-refractivity contribution in [3.63, 3.8) is 0 Å². The monoisotopic (exact) mass is 349 g/mol. The molecule has 2 heterocycles. The van der Waals surface area contributed by atoms with Crippen LogP contribution in [0.1, 0.15) is 67.1 Å². The third-order valence-electron chi connectivity index (χ3n) is 4.28. The fourth-order valence-electron chi connectivity index (χ4n) is 2.79. The number of rotatable bonds is 9. The molecule has 0 aliphatic rings. The Morgan fingerprint density at radius 1 is 1.21 bits per heavy atom. The van der Waals surface area contributed by atoms with Crippen LogP contribution in [-0.2, 0) is 7.05 Å². The molecular formula is C18H27N3O2S. The van der Waals surface area contributed by atoms with Crippen molar-refractivity contribution in [3.05, 3.63) is 27.1 Å². The van der Waals surface area contributed by atoms with Crippen molar-refractivity contribution in [2.75, 3.05) is 6.54 Å². The first-order valence-corrected chi connectivity index (χ1v) is 9.60. The molecule has 0 aliphatic heterocycles. The first kappa shape index (κ1) is 18.6. The summed E-state index contributed by atoms with van der Waals surface area (Å²) in [7, 11) is 1.67. The summed E-state index contributed by atoms with van der Waals surface area (Å²) in [5.41, 5.74) is 0.639. The van der Waals surface area contributed by atoms with Crippen molar-refractivity contribution < 1.29 is 4.79 Å². The van der Waals surface area contributed by atoms with E-state index < -0.39 is 0 Å². The number of carbonyl (C=O) groups is 1. The molecule has 6 heteroatoms. The highest BCUT2D eigenvalue weighted by Gasteiger charge is 2.18. The number of hydrogen-bond acceptors (Lipinski definition) is 4. The van der Waals surface area contributed by atoms with Gasteiger partial charge >= 0.3 is 0 Å². The average molecular weight is 350 g/mol. The van der Waals surface area contributed by atoms with Gasteiger partial charge in [0.15, 0.2) is 0 Å². The number of amides is 1. The van der Waals surface area contributed by atoms with Gasteiger partial charge in [-0.3, -0.25) is 9.59 Å². The molecule has 2 aromatic heterocycles. The molecule has 132 valence electrons. The van der Waals surface area contributed by atoms with Gasteiger partial charge in [0.25, 0.3) is 11.5 Å². The van der Waals surface area contributed by atoms with Gasteiger partial charge in [-0.2, -0.15) is 0 Å². The first-order chi connectivity index (χ1) is 11.6. The van der Waals surface area contributed by atoms with Crippen molar-refractivity contribution in [3.8, 4) is 0 Å². The fraction of sp³-hybridized carbons (Fsp3) is 0.611. The van der Waals surface area contributed by atoms with E-state index in [2.05, 4.69) is 17.2 Å². The Kier molecular flexibility index (Phi) is 6.97. The Hall–Kier alpha value is -1.69. The number of nitrogens with one attached hydrogen (secondary N) is 1. The number of aromatic nitrogens is 2. The van der Waals surface area contributed by atoms with E-state index in [1.54, 1.807) is 7.05 Å². The second-order valence-corrected chi connectivity index (χ2v) is 7.27. The molecule has 0 aromatic carbocycles. The van der Waals surface area contributed by atoms with Crippen molar-refractivity contribution in [1.29, 1.82) is 0 Å². The van der Waals surface area contributed by atoms with Crippen LogP contribution in [0.2, 0.25) is 0 Å². The molecule has 0 saturated carbocycles. The smallest absolute Gasteiger partial charge is 0.262 e. The molecule has 5 nitrogen and oxygen atoms in total. The Morgan fingerprint density at radius 2 is 1.88 bits per heavy atom. The van der Waals surface area contributed by atoms with Gasteiger partial charge < -0.3 is 9.88 Å². The highest BCUT2D eigenvalue weighted by atomic mass is 32.1. The summed E-state index contributed by atoms with van der Waals surface area (Å²) in [6.45, 7) is 4.73. The minimum atomic E-state index is -0.0973. The van der Waals surface area contributed by atoms with Gasteiger partial charge in [0.2, 0.25) is 0 Å². The van der Waals surface area contributed by atoms with E-state index in [-0.39, 0.29) is 11.5 Å². The molecule has 1 amide bonds. The van der Waals surface area contributed by atoms with Gasteiger partial charge in [-0.25, -0.2) is 4.98 Å². The van der Waals surface area contributed by atoms with E-state index in [1.807, 2.05) is 6.92 Å². The van der Waals surface area contributed by atoms with Crippen molar-refractivity contribution >= 4 is 27.5 Å². The van der Waals surface area contributed by atoms with Crippen LogP contribution in [0, 0.1) is 6.92 Å². The lowest BCUT2D eigenvalue weighted by Gasteiger charge is -2.04. The van der Waals surface area contributed by atoms with E-state index in [4.69, 9.17) is 0 Å². The maximum Gasteiger partial charge on any atom is 0.262 e. The van der Waals surface area contributed by atoms with Crippen LogP contribution in [0.4, 0.5) is 0 Å². The Labute approximate surface area is 147 Å². The molecule has 24 heavy (non-hydrogen) atoms. The standard InChI is InChI=1S/C18H27N3O2S/c1-4-5-6-7-8-9-10-11-19-16(22)15-13(2)14-17(24-15)20-12-21(3)18(14)23/h12H,4-11H2,1-3H3,(H,19,22). The molecule has 0 radical (unpaired) electrons. The molecule has 0 spiro atoms. The van der Waals surface area contributed by atoms with Gasteiger partial charge in [0.05, 0.1) is 16.6 Å². The molecule has 0 saturated heterocycles. The first-order valence-electron chi connectivity index (χ1n) is 8.79. The van der Waals surface area contributed by atoms with Gasteiger partial charge in [-0.1, -0.05) is 45.4 Å². The SMILES string of the molecule is CCCCCCCCCNC(=O)c1sc2ncn(C)c(=O)c2c1C. The van der Waals surface area contributed by atoms with Crippen molar-refractivity contribution in [2.45, 2.75) is 58.8 Å². The van der Waals surface area contributed by atoms with E-state index in [9.17, 15) is 9.59 Å². The summed E-state index contributed by atoms with van der Waals surface area (Å²) in [6, 6.07) is 0. The van der Waals surface area contributed by atoms with Gasteiger partial charge in [0, 0.05) is 13.6 Å². The maximum absolute atomic E-state index is 12.4. The zero-order valence-corrected chi connectivity index (χ0v) is 15.7. The van der Waals surface area contributed by atoms with Gasteiger partial charge in [0.1, 0.15) is 4.83 Å². The lowest BCUT2D eigenvalue weighted by Crippen LogP contribution is -2.24. The summed E-state index contributed by atoms with van der Waals surface area (Å²) >= 11 is 1.30. The van der Waals surface area contributed by atoms with Crippen LogP contribution in [0.3, 0.4) is 0 Å². The third kappa shape index (κ3) is 4.44. The zero-order valence-electron chi connectivity index (χ0n) is 14.9. The second-order valence-electron chi connectivity index (χ2n) is 6.27. The maximum atomic E-state index is 12.4. The summed E-state index contributed by atoms with van der Waals surface area (Å²) in [5, 5.41) is 3.53. The molecule has 0 unspecified atom stereocenters. The zero-order chi connectivity index (χ0) is 17.5. The van der Waals surface area contributed by atoms with Crippen molar-refractivity contribution in [1.82, 2.24) is 14.9 Å². The predicted molar refractivity (Wildman–Crippen MR) is 99.9 cm³/mol. The molecule has 0 atom stereocenters. The molecular weight excluding hydrogens is 322 g/mol. The van der Waals surface area contributed by atoms with E-state index >= 15 is 0 Å². The number of hydrogen-bond donors (Lipinski definition) is 1. The van der Waals surface area contributed by atoms with Crippen LogP contribution in [0.5, 0.6) is 0 Å². The Balaban J connectivity index is 1.87. The van der Waals surface area contributed by atoms with Crippen molar-refractivity contribution in [2.24, 2.45) is 7.05 Å². The quantitative estimate of drug-likeness (QED) is 0.701. The minimum Gasteiger partial charge on any atom is -0.351 e. The highest BCUT2D eigenvalue weighted by molar-refractivity contribution is 7.20. The summed E-state index contributed by atoms with van der Waals surface area (Å²) in [5.74, 6) is -0.0939. The second kappa shape index (κ2) is 8.97. The number of nitrogens with zero attached hydrogens (tertiary/aromatic N) is 2. The normalized spacial score (nSPS) is 11.1. The minimum absolute atomic E-state index is 0.0939. The summed E-state index contributed by atoms with van der Waals surface area (Å²) in [4.78, 5) is 30.0. The third-order valence-corrected chi connectivity index (χ3v) is 5.48. The van der Waals surface area contributed by atoms with Crippen LogP contribution in [0.15, 0.2) is 11.1 Å². The number of unbranched alkanes of at least 4 members (excludes halogenated alkanes) is 6. The summed E-state index contributed by atoms with van der Waals surface area (Å²) in [6.07, 6.45) is 10.1. The Bertz CT molecular complexity index is 749. The molecule has 0 bridgehead atoms. The average Bonchev–Trinajstić information content (AvgIpc) is 2.91. The van der Waals surface area contributed by atoms with Crippen LogP contribution < -0.4 is 10.9 Å². The van der Waals surface area contributed by atoms with Crippen LogP contribution >= 0.6 is 11.3 Å². The molecule has 0 aliphatic carbocycles. The van der Waals surface area contributed by atoms with E-state index in [1.165, 1.54) is 54.3 Å². The molecule has 1 N–H and O–H groups in total. The largest absolute Gasteiger partial charge is 0.351 e. The lowest BCUT2D eigenvalue weighted by atomic mass is 10.1. The lowest BCUT2D eigenvalue weighted by molar-refractivity contribution is 0.0956. The highest BCUT2D eigenvalue weighted by Crippen LogP contribution is 2.26.